The molecule has 1 aliphatic carbocycles. The number of nitrogens with one attached hydrogen (secondary N) is 3. The smallest absolute Gasteiger partial charge is 0.191 e. The summed E-state index contributed by atoms with van der Waals surface area (Å²) in [5.41, 5.74) is 2.21. The SMILES string of the molecule is CN=C(NCc1cccc(-c2ncn[nH]2)c1)NC1CC1C.I. The number of aliphatic imine (C=N–C) groups is 1. The second-order valence-corrected chi connectivity index (χ2v) is 5.42. The molecule has 3 N–H and O–H groups in total. The van der Waals surface area contributed by atoms with Crippen LogP contribution >= 0.6 is 24.0 Å². The van der Waals surface area contributed by atoms with E-state index >= 15 is 0 Å². The minimum atomic E-state index is 0. The van der Waals surface area contributed by atoms with Gasteiger partial charge in [-0.1, -0.05) is 25.1 Å². The lowest BCUT2D eigenvalue weighted by atomic mass is 10.1. The highest BCUT2D eigenvalue weighted by molar-refractivity contribution is 14.0. The zero-order valence-corrected chi connectivity index (χ0v) is 15.0. The van der Waals surface area contributed by atoms with Gasteiger partial charge in [0, 0.05) is 25.2 Å². The van der Waals surface area contributed by atoms with E-state index in [2.05, 4.69) is 49.9 Å². The molecular formula is C15H21IN6. The van der Waals surface area contributed by atoms with E-state index in [-0.39, 0.29) is 24.0 Å². The van der Waals surface area contributed by atoms with Gasteiger partial charge in [0.15, 0.2) is 11.8 Å². The molecule has 2 aromatic rings. The Balaban J connectivity index is 0.00000176. The molecule has 0 bridgehead atoms. The maximum absolute atomic E-state index is 4.26. The second-order valence-electron chi connectivity index (χ2n) is 5.42. The summed E-state index contributed by atoms with van der Waals surface area (Å²) in [6.07, 6.45) is 2.74. The zero-order valence-electron chi connectivity index (χ0n) is 12.7. The minimum Gasteiger partial charge on any atom is -0.353 e. The van der Waals surface area contributed by atoms with Crippen LogP contribution in [0.5, 0.6) is 0 Å². The summed E-state index contributed by atoms with van der Waals surface area (Å²) in [6.45, 7) is 2.97. The van der Waals surface area contributed by atoms with Crippen LogP contribution in [0, 0.1) is 5.92 Å². The third kappa shape index (κ3) is 4.19. The number of rotatable bonds is 4. The van der Waals surface area contributed by atoms with Gasteiger partial charge in [0.25, 0.3) is 0 Å². The Hall–Kier alpha value is -1.64. The van der Waals surface area contributed by atoms with Gasteiger partial charge in [-0.2, -0.15) is 5.10 Å². The summed E-state index contributed by atoms with van der Waals surface area (Å²) in [7, 11) is 1.80. The van der Waals surface area contributed by atoms with Crippen molar-refractivity contribution in [2.45, 2.75) is 25.9 Å². The third-order valence-electron chi connectivity index (χ3n) is 3.73. The summed E-state index contributed by atoms with van der Waals surface area (Å²) in [4.78, 5) is 8.43. The quantitative estimate of drug-likeness (QED) is 0.409. The van der Waals surface area contributed by atoms with Gasteiger partial charge in [-0.15, -0.1) is 24.0 Å². The summed E-state index contributed by atoms with van der Waals surface area (Å²) in [6, 6.07) is 8.79. The van der Waals surface area contributed by atoms with Crippen molar-refractivity contribution in [3.05, 3.63) is 36.2 Å². The number of aromatic amines is 1. The van der Waals surface area contributed by atoms with Crippen molar-refractivity contribution in [3.63, 3.8) is 0 Å². The second kappa shape index (κ2) is 7.57. The van der Waals surface area contributed by atoms with Crippen LogP contribution in [0.2, 0.25) is 0 Å². The van der Waals surface area contributed by atoms with Crippen LogP contribution in [0.3, 0.4) is 0 Å². The number of aromatic nitrogens is 3. The molecule has 1 fully saturated rings. The van der Waals surface area contributed by atoms with Crippen LogP contribution < -0.4 is 10.6 Å². The molecule has 118 valence electrons. The topological polar surface area (TPSA) is 78.0 Å². The van der Waals surface area contributed by atoms with E-state index in [1.165, 1.54) is 18.3 Å². The van der Waals surface area contributed by atoms with Gasteiger partial charge >= 0.3 is 0 Å². The van der Waals surface area contributed by atoms with Crippen molar-refractivity contribution in [3.8, 4) is 11.4 Å². The number of benzene rings is 1. The fourth-order valence-electron chi connectivity index (χ4n) is 2.25. The third-order valence-corrected chi connectivity index (χ3v) is 3.73. The molecule has 6 nitrogen and oxygen atoms in total. The van der Waals surface area contributed by atoms with Crippen LogP contribution in [0.4, 0.5) is 0 Å². The Kier molecular flexibility index (Phi) is 5.76. The summed E-state index contributed by atoms with van der Waals surface area (Å²) in [5, 5.41) is 13.5. The monoisotopic (exact) mass is 412 g/mol. The van der Waals surface area contributed by atoms with Gasteiger partial charge in [-0.3, -0.25) is 10.1 Å². The molecule has 1 aliphatic rings. The largest absolute Gasteiger partial charge is 0.353 e. The number of halogens is 1. The number of hydrogen-bond donors (Lipinski definition) is 3. The number of nitrogens with zero attached hydrogens (tertiary/aromatic N) is 3. The molecule has 1 aromatic carbocycles. The van der Waals surface area contributed by atoms with E-state index in [9.17, 15) is 0 Å². The maximum Gasteiger partial charge on any atom is 0.191 e. The van der Waals surface area contributed by atoms with E-state index in [0.29, 0.717) is 6.04 Å². The standard InChI is InChI=1S/C15H20N6.HI/c1-10-6-13(10)20-15(16-2)17-8-11-4-3-5-12(7-11)14-18-9-19-21-14;/h3-5,7,9-10,13H,6,8H2,1-2H3,(H2,16,17,20)(H,18,19,21);1H. The molecule has 1 aromatic heterocycles. The maximum atomic E-state index is 4.26. The highest BCUT2D eigenvalue weighted by atomic mass is 127. The van der Waals surface area contributed by atoms with Gasteiger partial charge < -0.3 is 10.6 Å². The molecule has 0 amide bonds. The van der Waals surface area contributed by atoms with Crippen molar-refractivity contribution in [2.75, 3.05) is 7.05 Å². The predicted octanol–water partition coefficient (Wildman–Crippen LogP) is 2.16. The number of hydrogen-bond acceptors (Lipinski definition) is 3. The van der Waals surface area contributed by atoms with E-state index in [4.69, 9.17) is 0 Å². The fourth-order valence-corrected chi connectivity index (χ4v) is 2.25. The Labute approximate surface area is 147 Å². The normalized spacial score (nSPS) is 20.2. The van der Waals surface area contributed by atoms with E-state index < -0.39 is 0 Å². The first-order valence-corrected chi connectivity index (χ1v) is 7.18. The van der Waals surface area contributed by atoms with Gasteiger partial charge in [0.05, 0.1) is 0 Å². The average Bonchev–Trinajstić information content (AvgIpc) is 2.98. The minimum absolute atomic E-state index is 0. The molecule has 22 heavy (non-hydrogen) atoms. The van der Waals surface area contributed by atoms with Gasteiger partial charge in [-0.25, -0.2) is 4.98 Å². The van der Waals surface area contributed by atoms with Crippen LogP contribution in [0.25, 0.3) is 11.4 Å². The van der Waals surface area contributed by atoms with Crippen molar-refractivity contribution in [1.29, 1.82) is 0 Å². The summed E-state index contributed by atoms with van der Waals surface area (Å²) >= 11 is 0. The Morgan fingerprint density at radius 3 is 2.91 bits per heavy atom. The Morgan fingerprint density at radius 1 is 1.45 bits per heavy atom. The molecule has 3 rings (SSSR count). The van der Waals surface area contributed by atoms with E-state index in [0.717, 1.165) is 29.8 Å². The van der Waals surface area contributed by atoms with Crippen molar-refractivity contribution in [1.82, 2.24) is 25.8 Å². The summed E-state index contributed by atoms with van der Waals surface area (Å²) in [5.74, 6) is 2.39. The van der Waals surface area contributed by atoms with E-state index in [1.54, 1.807) is 7.05 Å². The Bertz CT molecular complexity index is 625. The molecule has 0 spiro atoms. The van der Waals surface area contributed by atoms with Gasteiger partial charge in [0.2, 0.25) is 0 Å². The van der Waals surface area contributed by atoms with Gasteiger partial charge in [0.1, 0.15) is 6.33 Å². The first kappa shape index (κ1) is 16.7. The molecule has 2 atom stereocenters. The number of guanidine groups is 1. The highest BCUT2D eigenvalue weighted by Crippen LogP contribution is 2.28. The zero-order chi connectivity index (χ0) is 14.7. The molecule has 1 saturated carbocycles. The lowest BCUT2D eigenvalue weighted by Gasteiger charge is -2.12. The molecular weight excluding hydrogens is 391 g/mol. The van der Waals surface area contributed by atoms with Crippen molar-refractivity contribution in [2.24, 2.45) is 10.9 Å². The lowest BCUT2D eigenvalue weighted by Crippen LogP contribution is -2.38. The van der Waals surface area contributed by atoms with Gasteiger partial charge in [-0.05, 0) is 24.0 Å². The van der Waals surface area contributed by atoms with Crippen molar-refractivity contribution >= 4 is 29.9 Å². The fraction of sp³-hybridized carbons (Fsp3) is 0.400. The predicted molar refractivity (Wildman–Crippen MR) is 98.1 cm³/mol. The Morgan fingerprint density at radius 2 is 2.27 bits per heavy atom. The van der Waals surface area contributed by atoms with Crippen molar-refractivity contribution < 1.29 is 0 Å². The lowest BCUT2D eigenvalue weighted by molar-refractivity contribution is 0.763. The highest BCUT2D eigenvalue weighted by Gasteiger charge is 2.33. The molecule has 1 heterocycles. The van der Waals surface area contributed by atoms with Crippen LogP contribution in [-0.4, -0.2) is 34.2 Å². The van der Waals surface area contributed by atoms with Crippen LogP contribution in [-0.2, 0) is 6.54 Å². The summed E-state index contributed by atoms with van der Waals surface area (Å²) < 4.78 is 0. The van der Waals surface area contributed by atoms with Crippen LogP contribution in [0.15, 0.2) is 35.6 Å². The first-order chi connectivity index (χ1) is 10.3. The average molecular weight is 412 g/mol. The molecule has 7 heteroatoms. The molecule has 0 aliphatic heterocycles. The first-order valence-electron chi connectivity index (χ1n) is 7.18. The molecule has 0 saturated heterocycles. The molecule has 0 radical (unpaired) electrons. The van der Waals surface area contributed by atoms with Crippen LogP contribution in [0.1, 0.15) is 18.9 Å². The molecule has 2 unspecified atom stereocenters. The van der Waals surface area contributed by atoms with E-state index in [1.807, 2.05) is 12.1 Å². The number of H-pyrrole nitrogens is 1.